The van der Waals surface area contributed by atoms with Crippen molar-refractivity contribution in [3.63, 3.8) is 0 Å². The van der Waals surface area contributed by atoms with Gasteiger partial charge in [-0.05, 0) is 50.2 Å². The van der Waals surface area contributed by atoms with Crippen molar-refractivity contribution in [2.24, 2.45) is 0 Å². The number of nitrogens with zero attached hydrogens (tertiary/aromatic N) is 1. The van der Waals surface area contributed by atoms with Gasteiger partial charge in [0, 0.05) is 18.8 Å². The first-order chi connectivity index (χ1) is 10.2. The number of benzene rings is 1. The second-order valence-electron chi connectivity index (χ2n) is 5.52. The van der Waals surface area contributed by atoms with Gasteiger partial charge < -0.3 is 20.3 Å². The third-order valence-corrected chi connectivity index (χ3v) is 3.82. The number of aliphatic hydroxyl groups excluding tert-OH is 2. The van der Waals surface area contributed by atoms with Gasteiger partial charge in [-0.1, -0.05) is 6.92 Å². The smallest absolute Gasteiger partial charge is 0.119 e. The summed E-state index contributed by atoms with van der Waals surface area (Å²) in [5.74, 6) is 0.881. The van der Waals surface area contributed by atoms with Crippen molar-refractivity contribution < 1.29 is 14.9 Å². The Morgan fingerprint density at radius 3 is 2.81 bits per heavy atom. The molecule has 2 rings (SSSR count). The normalized spacial score (nSPS) is 21.0. The van der Waals surface area contributed by atoms with Crippen LogP contribution in [-0.4, -0.2) is 60.1 Å². The van der Waals surface area contributed by atoms with Gasteiger partial charge in [-0.15, -0.1) is 0 Å². The van der Waals surface area contributed by atoms with Crippen molar-refractivity contribution in [3.05, 3.63) is 24.3 Å². The summed E-state index contributed by atoms with van der Waals surface area (Å²) in [5, 5.41) is 21.1. The average molecular weight is 294 g/mol. The molecule has 0 bridgehead atoms. The van der Waals surface area contributed by atoms with E-state index in [1.54, 1.807) is 0 Å². The predicted molar refractivity (Wildman–Crippen MR) is 83.8 cm³/mol. The van der Waals surface area contributed by atoms with Crippen LogP contribution in [0.4, 0.5) is 5.69 Å². The largest absolute Gasteiger partial charge is 0.489 e. The van der Waals surface area contributed by atoms with E-state index in [1.807, 2.05) is 24.3 Å². The Kier molecular flexibility index (Phi) is 6.29. The maximum Gasteiger partial charge on any atom is 0.119 e. The van der Waals surface area contributed by atoms with Gasteiger partial charge in [-0.25, -0.2) is 0 Å². The quantitative estimate of drug-likeness (QED) is 0.708. The molecular weight excluding hydrogens is 268 g/mol. The number of anilines is 1. The number of hydrogen-bond acceptors (Lipinski definition) is 5. The Hall–Kier alpha value is -1.30. The third kappa shape index (κ3) is 5.19. The van der Waals surface area contributed by atoms with Crippen molar-refractivity contribution in [2.45, 2.75) is 32.0 Å². The lowest BCUT2D eigenvalue weighted by Crippen LogP contribution is -2.40. The number of likely N-dealkylation sites (tertiary alicyclic amines) is 1. The van der Waals surface area contributed by atoms with Crippen molar-refractivity contribution >= 4 is 5.69 Å². The fraction of sp³-hybridized carbons (Fsp3) is 0.625. The van der Waals surface area contributed by atoms with Crippen LogP contribution in [0.2, 0.25) is 0 Å². The molecule has 0 aliphatic carbocycles. The van der Waals surface area contributed by atoms with Crippen LogP contribution in [0, 0.1) is 0 Å². The van der Waals surface area contributed by atoms with Crippen molar-refractivity contribution in [1.29, 1.82) is 0 Å². The Balaban J connectivity index is 1.81. The van der Waals surface area contributed by atoms with Crippen LogP contribution in [-0.2, 0) is 0 Å². The van der Waals surface area contributed by atoms with Crippen LogP contribution < -0.4 is 10.1 Å². The zero-order chi connectivity index (χ0) is 15.1. The summed E-state index contributed by atoms with van der Waals surface area (Å²) < 4.78 is 6.03. The number of aliphatic hydroxyl groups is 2. The number of likely N-dealkylation sites (N-methyl/N-ethyl adjacent to an activating group) is 1. The molecule has 0 radical (unpaired) electrons. The van der Waals surface area contributed by atoms with Gasteiger partial charge in [0.25, 0.3) is 0 Å². The molecular formula is C16H26N2O3. The fourth-order valence-corrected chi connectivity index (χ4v) is 2.54. The minimum Gasteiger partial charge on any atom is -0.489 e. The molecule has 0 aromatic heterocycles. The summed E-state index contributed by atoms with van der Waals surface area (Å²) in [4.78, 5) is 2.42. The van der Waals surface area contributed by atoms with Gasteiger partial charge in [0.1, 0.15) is 11.9 Å². The third-order valence-electron chi connectivity index (χ3n) is 3.82. The topological polar surface area (TPSA) is 65.0 Å². The molecule has 1 aromatic rings. The summed E-state index contributed by atoms with van der Waals surface area (Å²) in [6, 6.07) is 7.75. The van der Waals surface area contributed by atoms with Crippen LogP contribution in [0.3, 0.4) is 0 Å². The number of piperidine rings is 1. The predicted octanol–water partition coefficient (Wildman–Crippen LogP) is 1.31. The van der Waals surface area contributed by atoms with Gasteiger partial charge in [0.15, 0.2) is 0 Å². The molecule has 5 nitrogen and oxygen atoms in total. The fourth-order valence-electron chi connectivity index (χ4n) is 2.54. The molecule has 3 N–H and O–H groups in total. The molecule has 0 spiro atoms. The van der Waals surface area contributed by atoms with E-state index in [2.05, 4.69) is 17.1 Å². The Labute approximate surface area is 126 Å². The van der Waals surface area contributed by atoms with Gasteiger partial charge in [-0.3, -0.25) is 4.90 Å². The molecule has 1 fully saturated rings. The van der Waals surface area contributed by atoms with E-state index in [1.165, 1.54) is 13.0 Å². The lowest BCUT2D eigenvalue weighted by molar-refractivity contribution is 0.0920. The maximum atomic E-state index is 9.30. The van der Waals surface area contributed by atoms with E-state index in [0.29, 0.717) is 6.54 Å². The molecule has 0 amide bonds. The molecule has 1 aromatic carbocycles. The Bertz CT molecular complexity index is 410. The molecule has 21 heavy (non-hydrogen) atoms. The lowest BCUT2D eigenvalue weighted by Gasteiger charge is -2.32. The minimum absolute atomic E-state index is 0.232. The summed E-state index contributed by atoms with van der Waals surface area (Å²) in [7, 11) is 0. The molecule has 1 aliphatic heterocycles. The number of ether oxygens (including phenoxy) is 1. The summed E-state index contributed by atoms with van der Waals surface area (Å²) in [5.41, 5.74) is 0.911. The van der Waals surface area contributed by atoms with E-state index < -0.39 is 6.10 Å². The van der Waals surface area contributed by atoms with Gasteiger partial charge in [-0.2, -0.15) is 0 Å². The molecule has 118 valence electrons. The van der Waals surface area contributed by atoms with Crippen LogP contribution in [0.1, 0.15) is 19.8 Å². The number of rotatable bonds is 7. The van der Waals surface area contributed by atoms with E-state index in [4.69, 9.17) is 9.84 Å². The van der Waals surface area contributed by atoms with Crippen molar-refractivity contribution in [2.75, 3.05) is 38.1 Å². The average Bonchev–Trinajstić information content (AvgIpc) is 2.54. The van der Waals surface area contributed by atoms with Crippen molar-refractivity contribution in [3.8, 4) is 5.75 Å². The monoisotopic (exact) mass is 294 g/mol. The van der Waals surface area contributed by atoms with E-state index in [-0.39, 0.29) is 12.7 Å². The van der Waals surface area contributed by atoms with E-state index >= 15 is 0 Å². The first-order valence-corrected chi connectivity index (χ1v) is 7.73. The minimum atomic E-state index is -0.733. The van der Waals surface area contributed by atoms with Gasteiger partial charge in [0.2, 0.25) is 0 Å². The number of nitrogens with one attached hydrogen (secondary N) is 1. The Morgan fingerprint density at radius 2 is 2.14 bits per heavy atom. The molecule has 2 unspecified atom stereocenters. The maximum absolute atomic E-state index is 9.30. The first-order valence-electron chi connectivity index (χ1n) is 7.73. The zero-order valence-corrected chi connectivity index (χ0v) is 12.7. The van der Waals surface area contributed by atoms with Crippen LogP contribution in [0.5, 0.6) is 5.75 Å². The summed E-state index contributed by atoms with van der Waals surface area (Å²) >= 11 is 0. The van der Waals surface area contributed by atoms with Crippen LogP contribution in [0.25, 0.3) is 0 Å². The van der Waals surface area contributed by atoms with Gasteiger partial charge in [0.05, 0.1) is 12.7 Å². The van der Waals surface area contributed by atoms with Gasteiger partial charge >= 0.3 is 0 Å². The second kappa shape index (κ2) is 8.22. The molecule has 0 saturated carbocycles. The van der Waals surface area contributed by atoms with E-state index in [0.717, 1.165) is 30.9 Å². The first kappa shape index (κ1) is 16.1. The zero-order valence-electron chi connectivity index (χ0n) is 12.7. The SMILES string of the molecule is CCN1CCCC(Oc2ccc(NCC(O)CO)cc2)C1. The summed E-state index contributed by atoms with van der Waals surface area (Å²) in [6.45, 7) is 5.54. The molecule has 1 heterocycles. The molecule has 5 heteroatoms. The number of hydrogen-bond donors (Lipinski definition) is 3. The summed E-state index contributed by atoms with van der Waals surface area (Å²) in [6.07, 6.45) is 1.84. The highest BCUT2D eigenvalue weighted by molar-refractivity contribution is 5.46. The molecule has 2 atom stereocenters. The second-order valence-corrected chi connectivity index (χ2v) is 5.52. The molecule has 1 saturated heterocycles. The standard InChI is InChI=1S/C16H26N2O3/c1-2-18-9-3-4-16(11-18)21-15-7-5-13(6-8-15)17-10-14(20)12-19/h5-8,14,16-17,19-20H,2-4,9-12H2,1H3. The van der Waals surface area contributed by atoms with E-state index in [9.17, 15) is 5.11 Å². The van der Waals surface area contributed by atoms with Crippen LogP contribution in [0.15, 0.2) is 24.3 Å². The van der Waals surface area contributed by atoms with Crippen molar-refractivity contribution in [1.82, 2.24) is 4.90 Å². The highest BCUT2D eigenvalue weighted by Gasteiger charge is 2.19. The lowest BCUT2D eigenvalue weighted by atomic mass is 10.1. The highest BCUT2D eigenvalue weighted by atomic mass is 16.5. The Morgan fingerprint density at radius 1 is 1.38 bits per heavy atom. The molecule has 1 aliphatic rings. The van der Waals surface area contributed by atoms with Crippen LogP contribution >= 0.6 is 0 Å². The highest BCUT2D eigenvalue weighted by Crippen LogP contribution is 2.20.